The molecule has 5 heteroatoms. The molecule has 0 saturated carbocycles. The highest BCUT2D eigenvalue weighted by Crippen LogP contribution is 2.13. The topological polar surface area (TPSA) is 63.6 Å². The normalized spacial score (nSPS) is 12.1. The van der Waals surface area contributed by atoms with Crippen LogP contribution in [-0.2, 0) is 14.3 Å². The van der Waals surface area contributed by atoms with E-state index in [1.807, 2.05) is 0 Å². The molecule has 0 fully saturated rings. The number of carboxylic acid groups (broad SMARTS) is 1. The van der Waals surface area contributed by atoms with E-state index in [0.717, 1.165) is 25.7 Å². The van der Waals surface area contributed by atoms with E-state index >= 15 is 0 Å². The number of ether oxygens (including phenoxy) is 1. The van der Waals surface area contributed by atoms with Crippen LogP contribution in [0.15, 0.2) is 0 Å². The van der Waals surface area contributed by atoms with Crippen molar-refractivity contribution in [3.05, 3.63) is 0 Å². The number of halogens is 1. The van der Waals surface area contributed by atoms with E-state index in [1.54, 1.807) is 0 Å². The maximum atomic E-state index is 10.9. The second kappa shape index (κ2) is 7.79. The van der Waals surface area contributed by atoms with Gasteiger partial charge in [0, 0.05) is 0 Å². The Bertz CT molecular complexity index is 193. The summed E-state index contributed by atoms with van der Waals surface area (Å²) >= 11 is 3.16. The third kappa shape index (κ3) is 8.04. The molecule has 0 spiro atoms. The number of carbonyl (C=O) groups is 2. The highest BCUT2D eigenvalue weighted by Gasteiger charge is 2.13. The SMILES string of the molecule is CCCCCC(Br)OC(=O)CC(=O)O. The van der Waals surface area contributed by atoms with Crippen LogP contribution >= 0.6 is 15.9 Å². The predicted molar refractivity (Wildman–Crippen MR) is 55.2 cm³/mol. The fourth-order valence-corrected chi connectivity index (χ4v) is 1.45. The van der Waals surface area contributed by atoms with Gasteiger partial charge in [0.2, 0.25) is 0 Å². The number of hydrogen-bond acceptors (Lipinski definition) is 3. The molecular formula is C9H15BrO4. The Balaban J connectivity index is 3.55. The number of hydrogen-bond donors (Lipinski definition) is 1. The molecule has 4 nitrogen and oxygen atoms in total. The number of carbonyl (C=O) groups excluding carboxylic acids is 1. The lowest BCUT2D eigenvalue weighted by molar-refractivity contribution is -0.152. The minimum atomic E-state index is -1.16. The van der Waals surface area contributed by atoms with Gasteiger partial charge in [0.15, 0.2) is 5.01 Å². The molecule has 0 aromatic heterocycles. The Kier molecular flexibility index (Phi) is 7.47. The van der Waals surface area contributed by atoms with E-state index in [9.17, 15) is 9.59 Å². The molecule has 14 heavy (non-hydrogen) atoms. The predicted octanol–water partition coefficient (Wildman–Crippen LogP) is 2.31. The van der Waals surface area contributed by atoms with Gasteiger partial charge in [0.05, 0.1) is 0 Å². The summed E-state index contributed by atoms with van der Waals surface area (Å²) in [4.78, 5) is 21.0. The minimum Gasteiger partial charge on any atom is -0.481 e. The average Bonchev–Trinajstić information content (AvgIpc) is 2.02. The van der Waals surface area contributed by atoms with Gasteiger partial charge in [0.25, 0.3) is 0 Å². The highest BCUT2D eigenvalue weighted by atomic mass is 79.9. The standard InChI is InChI=1S/C9H15BrO4/c1-2-3-4-5-7(10)14-9(13)6-8(11)12/h7H,2-6H2,1H3,(H,11,12). The maximum absolute atomic E-state index is 10.9. The summed E-state index contributed by atoms with van der Waals surface area (Å²) in [5.74, 6) is -1.86. The molecule has 0 aromatic rings. The first kappa shape index (κ1) is 13.4. The highest BCUT2D eigenvalue weighted by molar-refractivity contribution is 9.09. The Morgan fingerprint density at radius 2 is 2.07 bits per heavy atom. The molecule has 0 bridgehead atoms. The molecule has 0 aliphatic rings. The van der Waals surface area contributed by atoms with Crippen LogP contribution < -0.4 is 0 Å². The maximum Gasteiger partial charge on any atom is 0.318 e. The first-order valence-electron chi connectivity index (χ1n) is 4.61. The van der Waals surface area contributed by atoms with Crippen molar-refractivity contribution in [3.8, 4) is 0 Å². The van der Waals surface area contributed by atoms with Crippen molar-refractivity contribution in [2.75, 3.05) is 0 Å². The Hall–Kier alpha value is -0.580. The van der Waals surface area contributed by atoms with Gasteiger partial charge in [-0.1, -0.05) is 19.8 Å². The summed E-state index contributed by atoms with van der Waals surface area (Å²) in [6.07, 6.45) is 3.29. The summed E-state index contributed by atoms with van der Waals surface area (Å²) in [7, 11) is 0. The van der Waals surface area contributed by atoms with Gasteiger partial charge in [-0.2, -0.15) is 0 Å². The van der Waals surface area contributed by atoms with Crippen LogP contribution in [0.5, 0.6) is 0 Å². The zero-order valence-electron chi connectivity index (χ0n) is 8.16. The van der Waals surface area contributed by atoms with Gasteiger partial charge in [-0.15, -0.1) is 0 Å². The van der Waals surface area contributed by atoms with Crippen molar-refractivity contribution in [1.82, 2.24) is 0 Å². The van der Waals surface area contributed by atoms with E-state index in [-0.39, 0.29) is 5.01 Å². The van der Waals surface area contributed by atoms with Crippen molar-refractivity contribution < 1.29 is 19.4 Å². The lowest BCUT2D eigenvalue weighted by atomic mass is 10.2. The second-order valence-electron chi connectivity index (χ2n) is 2.97. The molecule has 0 heterocycles. The van der Waals surface area contributed by atoms with Crippen LogP contribution in [0.3, 0.4) is 0 Å². The molecule has 0 saturated heterocycles. The molecule has 0 radical (unpaired) electrons. The zero-order chi connectivity index (χ0) is 11.0. The Morgan fingerprint density at radius 1 is 1.43 bits per heavy atom. The number of esters is 1. The van der Waals surface area contributed by atoms with Crippen LogP contribution in [-0.4, -0.2) is 22.1 Å². The molecule has 82 valence electrons. The second-order valence-corrected chi connectivity index (χ2v) is 3.99. The van der Waals surface area contributed by atoms with Crippen LogP contribution in [0.2, 0.25) is 0 Å². The summed E-state index contributed by atoms with van der Waals surface area (Å²) < 4.78 is 4.80. The first-order chi connectivity index (χ1) is 6.56. The minimum absolute atomic E-state index is 0.360. The smallest absolute Gasteiger partial charge is 0.318 e. The third-order valence-corrected chi connectivity index (χ3v) is 2.23. The zero-order valence-corrected chi connectivity index (χ0v) is 9.75. The summed E-state index contributed by atoms with van der Waals surface area (Å²) in [6.45, 7) is 2.08. The van der Waals surface area contributed by atoms with Gasteiger partial charge < -0.3 is 9.84 Å². The monoisotopic (exact) mass is 266 g/mol. The summed E-state index contributed by atoms with van der Waals surface area (Å²) in [6, 6.07) is 0. The molecule has 1 unspecified atom stereocenters. The van der Waals surface area contributed by atoms with Gasteiger partial charge >= 0.3 is 11.9 Å². The molecule has 0 aromatic carbocycles. The average molecular weight is 267 g/mol. The summed E-state index contributed by atoms with van der Waals surface area (Å²) in [5, 5.41) is 7.93. The van der Waals surface area contributed by atoms with Crippen molar-refractivity contribution >= 4 is 27.9 Å². The van der Waals surface area contributed by atoms with E-state index < -0.39 is 18.4 Å². The number of rotatable bonds is 7. The van der Waals surface area contributed by atoms with E-state index in [0.29, 0.717) is 0 Å². The molecule has 1 N–H and O–H groups in total. The fraction of sp³-hybridized carbons (Fsp3) is 0.778. The summed E-state index contributed by atoms with van der Waals surface area (Å²) in [5.41, 5.74) is 0. The number of alkyl halides is 1. The van der Waals surface area contributed by atoms with Crippen LogP contribution in [0.1, 0.15) is 39.0 Å². The van der Waals surface area contributed by atoms with Gasteiger partial charge in [-0.25, -0.2) is 0 Å². The lowest BCUT2D eigenvalue weighted by Gasteiger charge is -2.09. The van der Waals surface area contributed by atoms with Crippen molar-refractivity contribution in [2.45, 2.75) is 44.0 Å². The molecule has 1 atom stereocenters. The molecule has 0 amide bonds. The largest absolute Gasteiger partial charge is 0.481 e. The Labute approximate surface area is 91.8 Å². The number of aliphatic carboxylic acids is 1. The molecule has 0 aliphatic carbocycles. The van der Waals surface area contributed by atoms with Crippen LogP contribution in [0.25, 0.3) is 0 Å². The van der Waals surface area contributed by atoms with Gasteiger partial charge in [0.1, 0.15) is 6.42 Å². The molecular weight excluding hydrogens is 252 g/mol. The van der Waals surface area contributed by atoms with E-state index in [2.05, 4.69) is 22.9 Å². The van der Waals surface area contributed by atoms with Crippen LogP contribution in [0.4, 0.5) is 0 Å². The van der Waals surface area contributed by atoms with E-state index in [4.69, 9.17) is 9.84 Å². The Morgan fingerprint density at radius 3 is 2.57 bits per heavy atom. The van der Waals surface area contributed by atoms with Crippen molar-refractivity contribution in [2.24, 2.45) is 0 Å². The van der Waals surface area contributed by atoms with Crippen LogP contribution in [0, 0.1) is 0 Å². The first-order valence-corrected chi connectivity index (χ1v) is 5.53. The van der Waals surface area contributed by atoms with Gasteiger partial charge in [-0.3, -0.25) is 9.59 Å². The number of unbranched alkanes of at least 4 members (excludes halogenated alkanes) is 2. The lowest BCUT2D eigenvalue weighted by Crippen LogP contribution is -2.15. The fourth-order valence-electron chi connectivity index (χ4n) is 0.922. The molecule has 0 aliphatic heterocycles. The third-order valence-electron chi connectivity index (χ3n) is 1.59. The number of carboxylic acids is 1. The van der Waals surface area contributed by atoms with E-state index in [1.165, 1.54) is 0 Å². The van der Waals surface area contributed by atoms with Gasteiger partial charge in [-0.05, 0) is 28.8 Å². The van der Waals surface area contributed by atoms with Crippen molar-refractivity contribution in [1.29, 1.82) is 0 Å². The van der Waals surface area contributed by atoms with Crippen molar-refractivity contribution in [3.63, 3.8) is 0 Å². The quantitative estimate of drug-likeness (QED) is 0.333. The molecule has 0 rings (SSSR count).